The number of fused-ring (bicyclic) bond motifs is 1. The van der Waals surface area contributed by atoms with Crippen LogP contribution in [0.1, 0.15) is 30.0 Å². The standard InChI is InChI=1S/C14H16N4S/c1-3-11(12-5-4-8-19-12)17-14-9-10(2)16-13-6-7-15-18(13)14/h4-9,11,17H,3H2,1-2H3/t11-/m0/s1. The van der Waals surface area contributed by atoms with Crippen LogP contribution in [0.4, 0.5) is 5.82 Å². The molecule has 5 heteroatoms. The van der Waals surface area contributed by atoms with E-state index in [9.17, 15) is 0 Å². The van der Waals surface area contributed by atoms with Gasteiger partial charge in [-0.05, 0) is 24.8 Å². The first-order valence-corrected chi connectivity index (χ1v) is 7.27. The fraction of sp³-hybridized carbons (Fsp3) is 0.286. The van der Waals surface area contributed by atoms with E-state index in [4.69, 9.17) is 0 Å². The van der Waals surface area contributed by atoms with Gasteiger partial charge in [-0.2, -0.15) is 9.61 Å². The number of hydrogen-bond donors (Lipinski definition) is 1. The quantitative estimate of drug-likeness (QED) is 0.788. The molecule has 0 aliphatic rings. The lowest BCUT2D eigenvalue weighted by atomic mass is 10.2. The van der Waals surface area contributed by atoms with E-state index in [0.29, 0.717) is 6.04 Å². The normalized spacial score (nSPS) is 12.7. The first kappa shape index (κ1) is 12.2. The Morgan fingerprint density at radius 2 is 2.32 bits per heavy atom. The Morgan fingerprint density at radius 1 is 1.42 bits per heavy atom. The zero-order valence-corrected chi connectivity index (χ0v) is 11.8. The van der Waals surface area contributed by atoms with Crippen molar-refractivity contribution in [1.29, 1.82) is 0 Å². The van der Waals surface area contributed by atoms with Gasteiger partial charge in [0.2, 0.25) is 0 Å². The van der Waals surface area contributed by atoms with Crippen LogP contribution in [0.5, 0.6) is 0 Å². The van der Waals surface area contributed by atoms with Crippen LogP contribution in [0.15, 0.2) is 35.8 Å². The van der Waals surface area contributed by atoms with Crippen molar-refractivity contribution in [2.24, 2.45) is 0 Å². The maximum absolute atomic E-state index is 4.46. The molecule has 3 aromatic heterocycles. The van der Waals surface area contributed by atoms with Crippen molar-refractivity contribution in [2.75, 3.05) is 5.32 Å². The van der Waals surface area contributed by atoms with Crippen molar-refractivity contribution in [3.05, 3.63) is 46.4 Å². The number of thiophene rings is 1. The van der Waals surface area contributed by atoms with E-state index < -0.39 is 0 Å². The highest BCUT2D eigenvalue weighted by Crippen LogP contribution is 2.26. The molecule has 0 unspecified atom stereocenters. The van der Waals surface area contributed by atoms with E-state index >= 15 is 0 Å². The summed E-state index contributed by atoms with van der Waals surface area (Å²) in [5.41, 5.74) is 1.88. The van der Waals surface area contributed by atoms with Crippen molar-refractivity contribution in [1.82, 2.24) is 14.6 Å². The van der Waals surface area contributed by atoms with Crippen LogP contribution >= 0.6 is 11.3 Å². The second kappa shape index (κ2) is 5.01. The average molecular weight is 272 g/mol. The van der Waals surface area contributed by atoms with Crippen LogP contribution in [0.2, 0.25) is 0 Å². The largest absolute Gasteiger partial charge is 0.362 e. The minimum atomic E-state index is 0.314. The first-order valence-electron chi connectivity index (χ1n) is 6.39. The van der Waals surface area contributed by atoms with Crippen LogP contribution < -0.4 is 5.32 Å². The number of nitrogens with zero attached hydrogens (tertiary/aromatic N) is 3. The smallest absolute Gasteiger partial charge is 0.157 e. The summed E-state index contributed by atoms with van der Waals surface area (Å²) < 4.78 is 1.85. The van der Waals surface area contributed by atoms with Gasteiger partial charge in [0.1, 0.15) is 5.82 Å². The summed E-state index contributed by atoms with van der Waals surface area (Å²) in [6.07, 6.45) is 2.81. The Bertz CT molecular complexity index is 672. The molecule has 0 fully saturated rings. The summed E-state index contributed by atoms with van der Waals surface area (Å²) >= 11 is 1.78. The van der Waals surface area contributed by atoms with Gasteiger partial charge in [0.15, 0.2) is 5.65 Å². The fourth-order valence-corrected chi connectivity index (χ4v) is 3.05. The molecule has 98 valence electrons. The zero-order valence-electron chi connectivity index (χ0n) is 11.0. The number of hydrogen-bond acceptors (Lipinski definition) is 4. The van der Waals surface area contributed by atoms with Crippen molar-refractivity contribution >= 4 is 22.8 Å². The molecule has 0 saturated carbocycles. The summed E-state index contributed by atoms with van der Waals surface area (Å²) in [7, 11) is 0. The molecule has 3 aromatic rings. The van der Waals surface area contributed by atoms with Gasteiger partial charge in [-0.25, -0.2) is 4.98 Å². The SMILES string of the molecule is CC[C@H](Nc1cc(C)nc2ccnn12)c1cccs1. The highest BCUT2D eigenvalue weighted by atomic mass is 32.1. The summed E-state index contributed by atoms with van der Waals surface area (Å²) in [5.74, 6) is 0.993. The summed E-state index contributed by atoms with van der Waals surface area (Å²) in [5, 5.41) is 10.0. The van der Waals surface area contributed by atoms with Gasteiger partial charge >= 0.3 is 0 Å². The third-order valence-electron chi connectivity index (χ3n) is 3.10. The molecule has 3 rings (SSSR count). The molecule has 19 heavy (non-hydrogen) atoms. The number of rotatable bonds is 4. The van der Waals surface area contributed by atoms with Crippen molar-refractivity contribution < 1.29 is 0 Å². The lowest BCUT2D eigenvalue weighted by Crippen LogP contribution is -2.12. The van der Waals surface area contributed by atoms with E-state index in [0.717, 1.165) is 23.6 Å². The summed E-state index contributed by atoms with van der Waals surface area (Å²) in [4.78, 5) is 5.80. The maximum atomic E-state index is 4.46. The summed E-state index contributed by atoms with van der Waals surface area (Å²) in [6.45, 7) is 4.19. The van der Waals surface area contributed by atoms with Gasteiger partial charge in [0.25, 0.3) is 0 Å². The van der Waals surface area contributed by atoms with Crippen LogP contribution in [-0.4, -0.2) is 14.6 Å². The first-order chi connectivity index (χ1) is 9.28. The third kappa shape index (κ3) is 2.33. The van der Waals surface area contributed by atoms with Gasteiger partial charge in [0.05, 0.1) is 12.2 Å². The molecular weight excluding hydrogens is 256 g/mol. The van der Waals surface area contributed by atoms with Gasteiger partial charge in [-0.3, -0.25) is 0 Å². The summed E-state index contributed by atoms with van der Waals surface area (Å²) in [6, 6.07) is 8.53. The molecule has 3 heterocycles. The van der Waals surface area contributed by atoms with Crippen LogP contribution in [0.3, 0.4) is 0 Å². The predicted molar refractivity (Wildman–Crippen MR) is 78.7 cm³/mol. The number of aryl methyl sites for hydroxylation is 1. The van der Waals surface area contributed by atoms with Crippen LogP contribution in [0.25, 0.3) is 5.65 Å². The molecule has 0 radical (unpaired) electrons. The number of nitrogens with one attached hydrogen (secondary N) is 1. The number of anilines is 1. The molecule has 0 amide bonds. The molecule has 4 nitrogen and oxygen atoms in total. The average Bonchev–Trinajstić information content (AvgIpc) is 3.05. The van der Waals surface area contributed by atoms with Crippen molar-refractivity contribution in [3.63, 3.8) is 0 Å². The maximum Gasteiger partial charge on any atom is 0.157 e. The Hall–Kier alpha value is -1.88. The van der Waals surface area contributed by atoms with Gasteiger partial charge in [-0.1, -0.05) is 13.0 Å². The van der Waals surface area contributed by atoms with Gasteiger partial charge in [-0.15, -0.1) is 11.3 Å². The van der Waals surface area contributed by atoms with E-state index in [1.165, 1.54) is 4.88 Å². The third-order valence-corrected chi connectivity index (χ3v) is 4.09. The zero-order chi connectivity index (χ0) is 13.2. The number of aromatic nitrogens is 3. The Morgan fingerprint density at radius 3 is 3.05 bits per heavy atom. The van der Waals surface area contributed by atoms with Gasteiger partial charge in [0, 0.05) is 22.7 Å². The minimum absolute atomic E-state index is 0.314. The second-order valence-corrected chi connectivity index (χ2v) is 5.48. The molecule has 0 aliphatic heterocycles. The van der Waals surface area contributed by atoms with E-state index in [1.54, 1.807) is 17.5 Å². The topological polar surface area (TPSA) is 42.2 Å². The van der Waals surface area contributed by atoms with Crippen LogP contribution in [0, 0.1) is 6.92 Å². The molecule has 1 atom stereocenters. The highest BCUT2D eigenvalue weighted by molar-refractivity contribution is 7.10. The lowest BCUT2D eigenvalue weighted by molar-refractivity contribution is 0.747. The van der Waals surface area contributed by atoms with Crippen LogP contribution in [-0.2, 0) is 0 Å². The Labute approximate surface area is 116 Å². The molecule has 0 spiro atoms. The molecule has 0 bridgehead atoms. The van der Waals surface area contributed by atoms with Crippen molar-refractivity contribution in [2.45, 2.75) is 26.3 Å². The van der Waals surface area contributed by atoms with E-state index in [2.05, 4.69) is 39.8 Å². The lowest BCUT2D eigenvalue weighted by Gasteiger charge is -2.17. The van der Waals surface area contributed by atoms with E-state index in [1.807, 2.05) is 23.6 Å². The second-order valence-electron chi connectivity index (χ2n) is 4.50. The molecular formula is C14H16N4S. The molecule has 1 N–H and O–H groups in total. The van der Waals surface area contributed by atoms with Gasteiger partial charge < -0.3 is 5.32 Å². The molecule has 0 aliphatic carbocycles. The fourth-order valence-electron chi connectivity index (χ4n) is 2.18. The Balaban J connectivity index is 1.98. The molecule has 0 aromatic carbocycles. The minimum Gasteiger partial charge on any atom is -0.362 e. The predicted octanol–water partition coefficient (Wildman–Crippen LogP) is 3.66. The monoisotopic (exact) mass is 272 g/mol. The van der Waals surface area contributed by atoms with E-state index in [-0.39, 0.29) is 0 Å². The Kier molecular flexibility index (Phi) is 3.21. The van der Waals surface area contributed by atoms with Crippen molar-refractivity contribution in [3.8, 4) is 0 Å². The molecule has 0 saturated heterocycles. The highest BCUT2D eigenvalue weighted by Gasteiger charge is 2.12.